The summed E-state index contributed by atoms with van der Waals surface area (Å²) in [6.07, 6.45) is 0.818. The number of aromatic nitrogens is 2. The Morgan fingerprint density at radius 3 is 2.45 bits per heavy atom. The maximum atomic E-state index is 14.2. The molecule has 2 aromatic carbocycles. The lowest BCUT2D eigenvalue weighted by Crippen LogP contribution is -2.47. The Morgan fingerprint density at radius 1 is 1.08 bits per heavy atom. The fourth-order valence-corrected chi connectivity index (χ4v) is 4.84. The molecule has 1 fully saturated rings. The summed E-state index contributed by atoms with van der Waals surface area (Å²) in [6.45, 7) is 14.3. The lowest BCUT2D eigenvalue weighted by molar-refractivity contribution is 0.209. The Bertz CT molecular complexity index is 1200. The highest BCUT2D eigenvalue weighted by Gasteiger charge is 2.27. The van der Waals surface area contributed by atoms with Gasteiger partial charge in [-0.25, -0.2) is 13.9 Å². The van der Waals surface area contributed by atoms with Crippen LogP contribution in [0.2, 0.25) is 0 Å². The molecule has 0 bridgehead atoms. The van der Waals surface area contributed by atoms with Gasteiger partial charge in [-0.05, 0) is 69.3 Å². The van der Waals surface area contributed by atoms with Crippen molar-refractivity contribution < 1.29 is 13.9 Å². The molecule has 1 aromatic heterocycles. The standard InChI is InChI=1S/C29H39FN6O2/c1-5-15-35(29(37)31-24-11-13-26(14-12-24)38-7-3)21-27-22(4)32-36(25-10-8-9-23(30)20-25)28(27)34-18-16-33(6-2)17-19-34/h8-14,20H,5-7,15-19,21H2,1-4H3,(H,31,37). The van der Waals surface area contributed by atoms with E-state index in [1.807, 2.05) is 53.8 Å². The zero-order chi connectivity index (χ0) is 27.1. The van der Waals surface area contributed by atoms with E-state index < -0.39 is 0 Å². The molecule has 1 aliphatic heterocycles. The number of nitrogens with zero attached hydrogens (tertiary/aromatic N) is 5. The van der Waals surface area contributed by atoms with Gasteiger partial charge in [0, 0.05) is 44.0 Å². The summed E-state index contributed by atoms with van der Waals surface area (Å²) in [5.74, 6) is 1.39. The Hall–Kier alpha value is -3.59. The molecule has 0 atom stereocenters. The number of anilines is 2. The van der Waals surface area contributed by atoms with E-state index in [0.717, 1.165) is 62.0 Å². The number of likely N-dealkylation sites (N-methyl/N-ethyl adjacent to an activating group) is 1. The fourth-order valence-electron chi connectivity index (χ4n) is 4.84. The van der Waals surface area contributed by atoms with Crippen LogP contribution >= 0.6 is 0 Å². The van der Waals surface area contributed by atoms with Gasteiger partial charge in [0.1, 0.15) is 17.4 Å². The van der Waals surface area contributed by atoms with Gasteiger partial charge in [-0.1, -0.05) is 19.9 Å². The predicted molar refractivity (Wildman–Crippen MR) is 150 cm³/mol. The number of hydrogen-bond acceptors (Lipinski definition) is 5. The second kappa shape index (κ2) is 12.8. The number of carbonyl (C=O) groups excluding carboxylic acids is 1. The summed E-state index contributed by atoms with van der Waals surface area (Å²) in [7, 11) is 0. The number of nitrogens with one attached hydrogen (secondary N) is 1. The monoisotopic (exact) mass is 522 g/mol. The summed E-state index contributed by atoms with van der Waals surface area (Å²) < 4.78 is 21.5. The van der Waals surface area contributed by atoms with Gasteiger partial charge in [0.05, 0.1) is 24.5 Å². The van der Waals surface area contributed by atoms with Crippen LogP contribution in [0.25, 0.3) is 5.69 Å². The largest absolute Gasteiger partial charge is 0.494 e. The number of ether oxygens (including phenoxy) is 1. The van der Waals surface area contributed by atoms with Crippen LogP contribution in [0.3, 0.4) is 0 Å². The molecule has 1 saturated heterocycles. The molecule has 38 heavy (non-hydrogen) atoms. The highest BCUT2D eigenvalue weighted by atomic mass is 19.1. The van der Waals surface area contributed by atoms with Crippen LogP contribution in [-0.2, 0) is 6.54 Å². The Kier molecular flexibility index (Phi) is 9.23. The second-order valence-corrected chi connectivity index (χ2v) is 9.51. The van der Waals surface area contributed by atoms with Gasteiger partial charge in [-0.3, -0.25) is 0 Å². The zero-order valence-corrected chi connectivity index (χ0v) is 22.9. The maximum Gasteiger partial charge on any atom is 0.322 e. The first-order valence-electron chi connectivity index (χ1n) is 13.5. The van der Waals surface area contributed by atoms with Gasteiger partial charge in [0.25, 0.3) is 0 Å². The number of amides is 2. The number of carbonyl (C=O) groups is 1. The number of hydrogen-bond donors (Lipinski definition) is 1. The molecular weight excluding hydrogens is 483 g/mol. The van der Waals surface area contributed by atoms with Crippen LogP contribution in [0.4, 0.5) is 20.7 Å². The van der Waals surface area contributed by atoms with Crippen molar-refractivity contribution in [3.05, 3.63) is 65.6 Å². The molecule has 1 N–H and O–H groups in total. The molecule has 3 aromatic rings. The number of benzene rings is 2. The van der Waals surface area contributed by atoms with Crippen molar-refractivity contribution in [3.8, 4) is 11.4 Å². The Morgan fingerprint density at radius 2 is 1.82 bits per heavy atom. The third-order valence-corrected chi connectivity index (χ3v) is 6.88. The van der Waals surface area contributed by atoms with E-state index in [9.17, 15) is 9.18 Å². The lowest BCUT2D eigenvalue weighted by atomic mass is 10.2. The van der Waals surface area contributed by atoms with Crippen molar-refractivity contribution >= 4 is 17.5 Å². The van der Waals surface area contributed by atoms with E-state index >= 15 is 0 Å². The average Bonchev–Trinajstić information content (AvgIpc) is 3.25. The van der Waals surface area contributed by atoms with E-state index in [2.05, 4.69) is 29.0 Å². The summed E-state index contributed by atoms with van der Waals surface area (Å²) in [5, 5.41) is 7.87. The van der Waals surface area contributed by atoms with Gasteiger partial charge in [-0.15, -0.1) is 0 Å². The minimum Gasteiger partial charge on any atom is -0.494 e. The van der Waals surface area contributed by atoms with Crippen LogP contribution in [-0.4, -0.2) is 71.5 Å². The number of piperazine rings is 1. The lowest BCUT2D eigenvalue weighted by Gasteiger charge is -2.36. The normalized spacial score (nSPS) is 14.0. The summed E-state index contributed by atoms with van der Waals surface area (Å²) in [4.78, 5) is 20.0. The molecule has 2 heterocycles. The van der Waals surface area contributed by atoms with E-state index in [4.69, 9.17) is 9.84 Å². The van der Waals surface area contributed by atoms with E-state index in [0.29, 0.717) is 31.1 Å². The first-order valence-corrected chi connectivity index (χ1v) is 13.5. The van der Waals surface area contributed by atoms with Crippen LogP contribution < -0.4 is 15.0 Å². The van der Waals surface area contributed by atoms with Crippen molar-refractivity contribution in [2.75, 3.05) is 56.1 Å². The number of halogens is 1. The predicted octanol–water partition coefficient (Wildman–Crippen LogP) is 5.30. The summed E-state index contributed by atoms with van der Waals surface area (Å²) in [5.41, 5.74) is 3.20. The van der Waals surface area contributed by atoms with Crippen molar-refractivity contribution in [3.63, 3.8) is 0 Å². The Balaban J connectivity index is 1.64. The van der Waals surface area contributed by atoms with Gasteiger partial charge >= 0.3 is 6.03 Å². The van der Waals surface area contributed by atoms with Gasteiger partial charge in [0.2, 0.25) is 0 Å². The van der Waals surface area contributed by atoms with E-state index in [-0.39, 0.29) is 11.8 Å². The maximum absolute atomic E-state index is 14.2. The molecule has 4 rings (SSSR count). The highest BCUT2D eigenvalue weighted by Crippen LogP contribution is 2.30. The third-order valence-electron chi connectivity index (χ3n) is 6.88. The zero-order valence-electron chi connectivity index (χ0n) is 22.9. The molecule has 0 spiro atoms. The first-order chi connectivity index (χ1) is 18.4. The highest BCUT2D eigenvalue weighted by molar-refractivity contribution is 5.89. The molecule has 9 heteroatoms. The number of aryl methyl sites for hydroxylation is 1. The minimum absolute atomic E-state index is 0.171. The molecule has 0 saturated carbocycles. The van der Waals surface area contributed by atoms with Crippen LogP contribution in [0.5, 0.6) is 5.75 Å². The van der Waals surface area contributed by atoms with Crippen molar-refractivity contribution in [1.29, 1.82) is 0 Å². The molecule has 0 unspecified atom stereocenters. The number of rotatable bonds is 10. The smallest absolute Gasteiger partial charge is 0.322 e. The summed E-state index contributed by atoms with van der Waals surface area (Å²) >= 11 is 0. The molecule has 204 valence electrons. The average molecular weight is 523 g/mol. The Labute approximate surface area is 225 Å². The topological polar surface area (TPSA) is 65.9 Å². The second-order valence-electron chi connectivity index (χ2n) is 9.51. The van der Waals surface area contributed by atoms with Crippen LogP contribution in [0, 0.1) is 12.7 Å². The third kappa shape index (κ3) is 6.45. The molecule has 0 radical (unpaired) electrons. The molecule has 2 amide bonds. The summed E-state index contributed by atoms with van der Waals surface area (Å²) in [6, 6.07) is 13.7. The van der Waals surface area contributed by atoms with Crippen molar-refractivity contribution in [2.24, 2.45) is 0 Å². The molecule has 0 aliphatic carbocycles. The van der Waals surface area contributed by atoms with E-state index in [1.165, 1.54) is 12.1 Å². The van der Waals surface area contributed by atoms with Crippen LogP contribution in [0.1, 0.15) is 38.4 Å². The molecular formula is C29H39FN6O2. The van der Waals surface area contributed by atoms with Crippen LogP contribution in [0.15, 0.2) is 48.5 Å². The van der Waals surface area contributed by atoms with Gasteiger partial charge in [-0.2, -0.15) is 5.10 Å². The van der Waals surface area contributed by atoms with Gasteiger partial charge in [0.15, 0.2) is 0 Å². The van der Waals surface area contributed by atoms with Crippen molar-refractivity contribution in [2.45, 2.75) is 40.7 Å². The SMILES string of the molecule is CCCN(Cc1c(C)nn(-c2cccc(F)c2)c1N1CCN(CC)CC1)C(=O)Nc1ccc(OCC)cc1. The number of urea groups is 1. The fraction of sp³-hybridized carbons (Fsp3) is 0.448. The van der Waals surface area contributed by atoms with E-state index in [1.54, 1.807) is 6.07 Å². The van der Waals surface area contributed by atoms with Crippen molar-refractivity contribution in [1.82, 2.24) is 19.6 Å². The minimum atomic E-state index is -0.304. The quantitative estimate of drug-likeness (QED) is 0.391. The molecule has 1 aliphatic rings. The molecule has 8 nitrogen and oxygen atoms in total. The van der Waals surface area contributed by atoms with Gasteiger partial charge < -0.3 is 24.8 Å². The first kappa shape index (κ1) is 27.4.